The number of hydrogen-bond donors (Lipinski definition) is 1. The molecule has 0 saturated carbocycles. The quantitative estimate of drug-likeness (QED) is 0.900. The van der Waals surface area contributed by atoms with Gasteiger partial charge in [0.15, 0.2) is 0 Å². The standard InChI is InChI=1S/C14H22ClN3/c1-17-5-7-18(8-6-17)11-13(10-16)12-3-2-4-14(15)9-12/h2-4,9,13H,5-8,10-11,16H2,1H3. The number of halogens is 1. The van der Waals surface area contributed by atoms with Crippen LogP contribution in [0.25, 0.3) is 0 Å². The van der Waals surface area contributed by atoms with Gasteiger partial charge in [-0.1, -0.05) is 23.7 Å². The third-order valence-electron chi connectivity index (χ3n) is 3.68. The fraction of sp³-hybridized carbons (Fsp3) is 0.571. The lowest BCUT2D eigenvalue weighted by atomic mass is 9.98. The normalized spacial score (nSPS) is 19.9. The molecule has 100 valence electrons. The van der Waals surface area contributed by atoms with Crippen LogP contribution in [0.3, 0.4) is 0 Å². The fourth-order valence-electron chi connectivity index (χ4n) is 2.42. The summed E-state index contributed by atoms with van der Waals surface area (Å²) in [7, 11) is 2.18. The van der Waals surface area contributed by atoms with Gasteiger partial charge in [-0.2, -0.15) is 0 Å². The maximum atomic E-state index is 6.05. The summed E-state index contributed by atoms with van der Waals surface area (Å²) >= 11 is 6.05. The molecule has 1 fully saturated rings. The number of nitrogens with zero attached hydrogens (tertiary/aromatic N) is 2. The Morgan fingerprint density at radius 2 is 2.00 bits per heavy atom. The Labute approximate surface area is 115 Å². The molecule has 4 heteroatoms. The summed E-state index contributed by atoms with van der Waals surface area (Å²) in [6.45, 7) is 6.26. The molecule has 1 saturated heterocycles. The Kier molecular flexibility index (Phi) is 5.01. The number of nitrogens with two attached hydrogens (primary N) is 1. The molecule has 1 heterocycles. The maximum absolute atomic E-state index is 6.05. The number of rotatable bonds is 4. The van der Waals surface area contributed by atoms with Crippen molar-refractivity contribution in [3.05, 3.63) is 34.9 Å². The van der Waals surface area contributed by atoms with Crippen LogP contribution in [0.1, 0.15) is 11.5 Å². The minimum Gasteiger partial charge on any atom is -0.330 e. The molecule has 0 bridgehead atoms. The van der Waals surface area contributed by atoms with Gasteiger partial charge in [-0.05, 0) is 24.7 Å². The second-order valence-corrected chi connectivity index (χ2v) is 5.53. The minimum absolute atomic E-state index is 0.382. The zero-order valence-electron chi connectivity index (χ0n) is 11.0. The summed E-state index contributed by atoms with van der Waals surface area (Å²) in [6.07, 6.45) is 0. The van der Waals surface area contributed by atoms with Gasteiger partial charge < -0.3 is 15.5 Å². The Hall–Kier alpha value is -0.610. The first-order valence-electron chi connectivity index (χ1n) is 6.55. The highest BCUT2D eigenvalue weighted by Crippen LogP contribution is 2.20. The predicted octanol–water partition coefficient (Wildman–Crippen LogP) is 1.63. The molecule has 18 heavy (non-hydrogen) atoms. The highest BCUT2D eigenvalue weighted by Gasteiger charge is 2.18. The zero-order chi connectivity index (χ0) is 13.0. The molecule has 1 aliphatic heterocycles. The lowest BCUT2D eigenvalue weighted by Gasteiger charge is -2.34. The molecule has 0 radical (unpaired) electrons. The van der Waals surface area contributed by atoms with Crippen LogP contribution in [0, 0.1) is 0 Å². The topological polar surface area (TPSA) is 32.5 Å². The van der Waals surface area contributed by atoms with E-state index in [-0.39, 0.29) is 0 Å². The molecule has 2 rings (SSSR count). The fourth-order valence-corrected chi connectivity index (χ4v) is 2.62. The van der Waals surface area contributed by atoms with Gasteiger partial charge in [-0.25, -0.2) is 0 Å². The molecule has 0 amide bonds. The molecule has 0 aromatic heterocycles. The summed E-state index contributed by atoms with van der Waals surface area (Å²) in [5.41, 5.74) is 7.17. The largest absolute Gasteiger partial charge is 0.330 e. The first-order valence-corrected chi connectivity index (χ1v) is 6.93. The molecular formula is C14H22ClN3. The van der Waals surface area contributed by atoms with Crippen molar-refractivity contribution in [3.8, 4) is 0 Å². The van der Waals surface area contributed by atoms with Crippen molar-refractivity contribution in [2.45, 2.75) is 5.92 Å². The second-order valence-electron chi connectivity index (χ2n) is 5.09. The van der Waals surface area contributed by atoms with Gasteiger partial charge in [0.05, 0.1) is 0 Å². The van der Waals surface area contributed by atoms with E-state index in [1.165, 1.54) is 5.56 Å². The molecule has 1 atom stereocenters. The third kappa shape index (κ3) is 3.69. The monoisotopic (exact) mass is 267 g/mol. The van der Waals surface area contributed by atoms with E-state index in [1.54, 1.807) is 0 Å². The van der Waals surface area contributed by atoms with Crippen molar-refractivity contribution in [2.24, 2.45) is 5.73 Å². The van der Waals surface area contributed by atoms with Crippen LogP contribution in [0.4, 0.5) is 0 Å². The Bertz CT molecular complexity index is 375. The average Bonchev–Trinajstić information content (AvgIpc) is 2.38. The Morgan fingerprint density at radius 1 is 1.28 bits per heavy atom. The van der Waals surface area contributed by atoms with Crippen LogP contribution in [0.15, 0.2) is 24.3 Å². The molecule has 1 aromatic rings. The van der Waals surface area contributed by atoms with Gasteiger partial charge in [0.25, 0.3) is 0 Å². The first kappa shape index (κ1) is 13.8. The van der Waals surface area contributed by atoms with Gasteiger partial charge in [-0.15, -0.1) is 0 Å². The Morgan fingerprint density at radius 3 is 2.61 bits per heavy atom. The smallest absolute Gasteiger partial charge is 0.0408 e. The van der Waals surface area contributed by atoms with E-state index in [9.17, 15) is 0 Å². The summed E-state index contributed by atoms with van der Waals surface area (Å²) in [5, 5.41) is 0.796. The van der Waals surface area contributed by atoms with E-state index < -0.39 is 0 Å². The van der Waals surface area contributed by atoms with Crippen molar-refractivity contribution >= 4 is 11.6 Å². The number of likely N-dealkylation sites (N-methyl/N-ethyl adjacent to an activating group) is 1. The molecule has 1 aromatic carbocycles. The Balaban J connectivity index is 1.97. The molecular weight excluding hydrogens is 246 g/mol. The SMILES string of the molecule is CN1CCN(CC(CN)c2cccc(Cl)c2)CC1. The molecule has 0 aliphatic carbocycles. The number of hydrogen-bond acceptors (Lipinski definition) is 3. The van der Waals surface area contributed by atoms with E-state index in [4.69, 9.17) is 17.3 Å². The molecule has 0 spiro atoms. The van der Waals surface area contributed by atoms with Crippen LogP contribution < -0.4 is 5.73 Å². The molecule has 3 nitrogen and oxygen atoms in total. The van der Waals surface area contributed by atoms with Crippen molar-refractivity contribution in [1.82, 2.24) is 9.80 Å². The van der Waals surface area contributed by atoms with Gasteiger partial charge in [-0.3, -0.25) is 0 Å². The van der Waals surface area contributed by atoms with Crippen LogP contribution in [0.2, 0.25) is 5.02 Å². The minimum atomic E-state index is 0.382. The lowest BCUT2D eigenvalue weighted by Crippen LogP contribution is -2.46. The van der Waals surface area contributed by atoms with Gasteiger partial charge in [0.1, 0.15) is 0 Å². The summed E-state index contributed by atoms with van der Waals surface area (Å²) < 4.78 is 0. The van der Waals surface area contributed by atoms with Crippen LogP contribution in [-0.4, -0.2) is 56.1 Å². The second kappa shape index (κ2) is 6.53. The van der Waals surface area contributed by atoms with Crippen LogP contribution >= 0.6 is 11.6 Å². The zero-order valence-corrected chi connectivity index (χ0v) is 11.7. The van der Waals surface area contributed by atoms with Crippen molar-refractivity contribution in [3.63, 3.8) is 0 Å². The van der Waals surface area contributed by atoms with E-state index >= 15 is 0 Å². The van der Waals surface area contributed by atoms with Gasteiger partial charge >= 0.3 is 0 Å². The highest BCUT2D eigenvalue weighted by atomic mass is 35.5. The van der Waals surface area contributed by atoms with Gasteiger partial charge in [0, 0.05) is 50.2 Å². The molecule has 2 N–H and O–H groups in total. The highest BCUT2D eigenvalue weighted by molar-refractivity contribution is 6.30. The van der Waals surface area contributed by atoms with Crippen molar-refractivity contribution in [1.29, 1.82) is 0 Å². The summed E-state index contributed by atoms with van der Waals surface area (Å²) in [5.74, 6) is 0.382. The van der Waals surface area contributed by atoms with Crippen molar-refractivity contribution < 1.29 is 0 Å². The first-order chi connectivity index (χ1) is 8.69. The number of benzene rings is 1. The third-order valence-corrected chi connectivity index (χ3v) is 3.91. The van der Waals surface area contributed by atoms with Crippen molar-refractivity contribution in [2.75, 3.05) is 46.3 Å². The van der Waals surface area contributed by atoms with Gasteiger partial charge in [0.2, 0.25) is 0 Å². The van der Waals surface area contributed by atoms with E-state index in [2.05, 4.69) is 22.9 Å². The average molecular weight is 268 g/mol. The van der Waals surface area contributed by atoms with E-state index in [1.807, 2.05) is 18.2 Å². The van der Waals surface area contributed by atoms with E-state index in [0.29, 0.717) is 12.5 Å². The summed E-state index contributed by atoms with van der Waals surface area (Å²) in [4.78, 5) is 4.87. The van der Waals surface area contributed by atoms with Crippen LogP contribution in [0.5, 0.6) is 0 Å². The molecule has 1 aliphatic rings. The number of piperazine rings is 1. The maximum Gasteiger partial charge on any atom is 0.0408 e. The molecule has 1 unspecified atom stereocenters. The lowest BCUT2D eigenvalue weighted by molar-refractivity contribution is 0.147. The van der Waals surface area contributed by atoms with E-state index in [0.717, 1.165) is 37.7 Å². The predicted molar refractivity (Wildman–Crippen MR) is 77.2 cm³/mol. The summed E-state index contributed by atoms with van der Waals surface area (Å²) in [6, 6.07) is 8.08. The van der Waals surface area contributed by atoms with Crippen LogP contribution in [-0.2, 0) is 0 Å².